The number of hydrogen-bond acceptors (Lipinski definition) is 7. The smallest absolute Gasteiger partial charge is 0.170 e. The Morgan fingerprint density at radius 1 is 1.15 bits per heavy atom. The molecule has 0 amide bonds. The van der Waals surface area contributed by atoms with Crippen molar-refractivity contribution in [3.63, 3.8) is 0 Å². The van der Waals surface area contributed by atoms with Gasteiger partial charge in [-0.3, -0.25) is 4.99 Å². The molecule has 0 radical (unpaired) electrons. The molecule has 1 aliphatic rings. The summed E-state index contributed by atoms with van der Waals surface area (Å²) in [7, 11) is 0. The topological polar surface area (TPSA) is 80.5 Å². The highest BCUT2D eigenvalue weighted by Gasteiger charge is 2.19. The number of anilines is 1. The van der Waals surface area contributed by atoms with E-state index in [9.17, 15) is 0 Å². The molecular weight excluding hydrogens is 358 g/mol. The lowest BCUT2D eigenvalue weighted by molar-refractivity contribution is 0.332. The van der Waals surface area contributed by atoms with Gasteiger partial charge in [0.05, 0.1) is 12.1 Å². The van der Waals surface area contributed by atoms with Crippen LogP contribution >= 0.6 is 11.8 Å². The Morgan fingerprint density at radius 2 is 2.04 bits per heavy atom. The Balaban J connectivity index is 1.44. The van der Waals surface area contributed by atoms with Gasteiger partial charge >= 0.3 is 0 Å². The van der Waals surface area contributed by atoms with Gasteiger partial charge in [-0.05, 0) is 23.8 Å². The minimum absolute atomic E-state index is 0.00109. The zero-order valence-electron chi connectivity index (χ0n) is 14.6. The molecule has 1 unspecified atom stereocenters. The van der Waals surface area contributed by atoms with Gasteiger partial charge in [0.25, 0.3) is 0 Å². The van der Waals surface area contributed by atoms with Crippen LogP contribution in [0.25, 0.3) is 11.3 Å². The van der Waals surface area contributed by atoms with Gasteiger partial charge in [-0.25, -0.2) is 4.98 Å². The summed E-state index contributed by atoms with van der Waals surface area (Å²) in [5, 5.41) is 4.19. The van der Waals surface area contributed by atoms with E-state index in [0.717, 1.165) is 17.0 Å². The molecule has 6 nitrogen and oxygen atoms in total. The Kier molecular flexibility index (Phi) is 5.20. The minimum Gasteiger partial charge on any atom is -0.383 e. The number of pyridine rings is 1. The summed E-state index contributed by atoms with van der Waals surface area (Å²) in [4.78, 5) is 10.8. The number of nitrogens with two attached hydrogens (primary N) is 1. The predicted molar refractivity (Wildman–Crippen MR) is 109 cm³/mol. The van der Waals surface area contributed by atoms with E-state index in [-0.39, 0.29) is 5.50 Å². The number of nitrogen functional groups attached to an aromatic ring is 1. The highest BCUT2D eigenvalue weighted by Crippen LogP contribution is 2.28. The van der Waals surface area contributed by atoms with Crippen LogP contribution in [0.15, 0.2) is 76.5 Å². The molecule has 7 heteroatoms. The quantitative estimate of drug-likeness (QED) is 0.701. The third kappa shape index (κ3) is 4.20. The maximum Gasteiger partial charge on any atom is 0.170 e. The molecule has 1 atom stereocenters. The highest BCUT2D eigenvalue weighted by molar-refractivity contribution is 7.99. The van der Waals surface area contributed by atoms with E-state index in [0.29, 0.717) is 18.1 Å². The summed E-state index contributed by atoms with van der Waals surface area (Å²) in [5.74, 6) is 1.94. The standard InChI is InChI=1S/C20H19N5OS/c21-19-17(8-4-9-22-19)18-12-16(24-26-18)13-25-11-5-10-23-20(25)27-14-15-6-2-1-3-7-15/h1-12,20H,13-14H2,(H2,21,22). The van der Waals surface area contributed by atoms with Crippen molar-refractivity contribution in [1.82, 2.24) is 15.0 Å². The van der Waals surface area contributed by atoms with E-state index in [1.807, 2.05) is 42.8 Å². The zero-order chi connectivity index (χ0) is 18.5. The average Bonchev–Trinajstić information content (AvgIpc) is 3.17. The molecule has 2 aromatic heterocycles. The van der Waals surface area contributed by atoms with Gasteiger partial charge in [-0.15, -0.1) is 11.8 Å². The fourth-order valence-corrected chi connectivity index (χ4v) is 3.80. The molecule has 1 aromatic carbocycles. The van der Waals surface area contributed by atoms with E-state index in [1.165, 1.54) is 5.56 Å². The van der Waals surface area contributed by atoms with Gasteiger partial charge in [-0.1, -0.05) is 35.5 Å². The third-order valence-electron chi connectivity index (χ3n) is 4.11. The molecule has 2 N–H and O–H groups in total. The van der Waals surface area contributed by atoms with E-state index >= 15 is 0 Å². The van der Waals surface area contributed by atoms with Crippen LogP contribution in [0.2, 0.25) is 0 Å². The molecule has 0 saturated carbocycles. The summed E-state index contributed by atoms with van der Waals surface area (Å²) >= 11 is 1.77. The molecule has 0 spiro atoms. The summed E-state index contributed by atoms with van der Waals surface area (Å²) in [6.07, 6.45) is 7.45. The number of allylic oxidation sites excluding steroid dienone is 1. The van der Waals surface area contributed by atoms with Gasteiger partial charge < -0.3 is 15.2 Å². The lowest BCUT2D eigenvalue weighted by Crippen LogP contribution is -2.28. The van der Waals surface area contributed by atoms with E-state index in [4.69, 9.17) is 10.3 Å². The Hall–Kier alpha value is -3.06. The van der Waals surface area contributed by atoms with Crippen molar-refractivity contribution in [2.24, 2.45) is 4.99 Å². The Bertz CT molecular complexity index is 954. The van der Waals surface area contributed by atoms with Crippen LogP contribution in [-0.2, 0) is 12.3 Å². The maximum absolute atomic E-state index is 5.92. The zero-order valence-corrected chi connectivity index (χ0v) is 15.4. The number of benzene rings is 1. The average molecular weight is 377 g/mol. The van der Waals surface area contributed by atoms with Crippen molar-refractivity contribution in [3.8, 4) is 11.3 Å². The van der Waals surface area contributed by atoms with Crippen LogP contribution in [0.5, 0.6) is 0 Å². The van der Waals surface area contributed by atoms with Gasteiger partial charge in [0, 0.05) is 30.4 Å². The summed E-state index contributed by atoms with van der Waals surface area (Å²) < 4.78 is 5.47. The molecule has 0 bridgehead atoms. The van der Waals surface area contributed by atoms with Crippen molar-refractivity contribution in [1.29, 1.82) is 0 Å². The van der Waals surface area contributed by atoms with Gasteiger partial charge in [0.15, 0.2) is 11.3 Å². The lowest BCUT2D eigenvalue weighted by atomic mass is 10.2. The molecule has 1 aliphatic heterocycles. The number of nitrogens with zero attached hydrogens (tertiary/aromatic N) is 4. The minimum atomic E-state index is -0.00109. The molecule has 3 aromatic rings. The van der Waals surface area contributed by atoms with Gasteiger partial charge in [-0.2, -0.15) is 0 Å². The van der Waals surface area contributed by atoms with Crippen molar-refractivity contribution in [3.05, 3.63) is 78.3 Å². The van der Waals surface area contributed by atoms with Crippen LogP contribution in [0.3, 0.4) is 0 Å². The maximum atomic E-state index is 5.92. The number of thioether (sulfide) groups is 1. The molecule has 136 valence electrons. The number of aliphatic imine (C=N–C) groups is 1. The van der Waals surface area contributed by atoms with Crippen LogP contribution in [0.4, 0.5) is 5.82 Å². The number of rotatable bonds is 6. The lowest BCUT2D eigenvalue weighted by Gasteiger charge is -2.28. The first-order chi connectivity index (χ1) is 13.3. The number of aromatic nitrogens is 2. The monoisotopic (exact) mass is 377 g/mol. The summed E-state index contributed by atoms with van der Waals surface area (Å²) in [5.41, 5.74) is 8.77. The second-order valence-corrected chi connectivity index (χ2v) is 7.10. The van der Waals surface area contributed by atoms with E-state index in [1.54, 1.807) is 18.0 Å². The Morgan fingerprint density at radius 3 is 2.89 bits per heavy atom. The summed E-state index contributed by atoms with van der Waals surface area (Å²) in [6, 6.07) is 16.0. The highest BCUT2D eigenvalue weighted by atomic mass is 32.2. The molecule has 3 heterocycles. The second kappa shape index (κ2) is 8.09. The molecule has 0 aliphatic carbocycles. The predicted octanol–water partition coefficient (Wildman–Crippen LogP) is 3.94. The van der Waals surface area contributed by atoms with Crippen LogP contribution in [0.1, 0.15) is 11.3 Å². The third-order valence-corrected chi connectivity index (χ3v) is 5.30. The van der Waals surface area contributed by atoms with Crippen molar-refractivity contribution in [2.75, 3.05) is 5.73 Å². The van der Waals surface area contributed by atoms with E-state index in [2.05, 4.69) is 44.3 Å². The van der Waals surface area contributed by atoms with Gasteiger partial charge in [0.2, 0.25) is 0 Å². The molecule has 0 fully saturated rings. The fourth-order valence-electron chi connectivity index (χ4n) is 2.77. The van der Waals surface area contributed by atoms with Crippen LogP contribution in [-0.4, -0.2) is 26.8 Å². The first kappa shape index (κ1) is 17.4. The van der Waals surface area contributed by atoms with Crippen molar-refractivity contribution in [2.45, 2.75) is 17.8 Å². The normalized spacial score (nSPS) is 16.0. The summed E-state index contributed by atoms with van der Waals surface area (Å²) in [6.45, 7) is 0.601. The van der Waals surface area contributed by atoms with E-state index < -0.39 is 0 Å². The first-order valence-electron chi connectivity index (χ1n) is 8.57. The van der Waals surface area contributed by atoms with Crippen molar-refractivity contribution < 1.29 is 4.52 Å². The fraction of sp³-hybridized carbons (Fsp3) is 0.150. The molecule has 0 saturated heterocycles. The number of hydrogen-bond donors (Lipinski definition) is 1. The SMILES string of the molecule is Nc1ncccc1-c1cc(CN2C=CC=NC2SCc2ccccc2)no1. The molecular formula is C20H19N5OS. The van der Waals surface area contributed by atoms with Gasteiger partial charge in [0.1, 0.15) is 11.5 Å². The first-order valence-corrected chi connectivity index (χ1v) is 9.62. The Labute approximate surface area is 161 Å². The van der Waals surface area contributed by atoms with Crippen molar-refractivity contribution >= 4 is 23.8 Å². The molecule has 27 heavy (non-hydrogen) atoms. The van der Waals surface area contributed by atoms with Crippen LogP contribution < -0.4 is 5.73 Å². The largest absolute Gasteiger partial charge is 0.383 e. The molecule has 4 rings (SSSR count). The van der Waals surface area contributed by atoms with Crippen LogP contribution in [0, 0.1) is 0 Å². The second-order valence-electron chi connectivity index (χ2n) is 6.05.